The van der Waals surface area contributed by atoms with E-state index in [0.717, 1.165) is 45.7 Å². The zero-order valence-electron chi connectivity index (χ0n) is 15.5. The number of urea groups is 1. The van der Waals surface area contributed by atoms with E-state index in [9.17, 15) is 14.7 Å². The normalized spacial score (nSPS) is 28.2. The van der Waals surface area contributed by atoms with E-state index in [4.69, 9.17) is 9.47 Å². The smallest absolute Gasteiger partial charge is 0.320 e. The SMILES string of the molecule is O=C(O)CC1CCN(C(=O)N2CCOCC2)CC1CCN1CCOCC1. The third-order valence-electron chi connectivity index (χ3n) is 5.80. The van der Waals surface area contributed by atoms with Crippen LogP contribution in [0.2, 0.25) is 0 Å². The van der Waals surface area contributed by atoms with Crippen molar-refractivity contribution in [2.24, 2.45) is 11.8 Å². The van der Waals surface area contributed by atoms with Gasteiger partial charge in [-0.15, -0.1) is 0 Å². The first-order valence-corrected chi connectivity index (χ1v) is 9.77. The van der Waals surface area contributed by atoms with E-state index in [-0.39, 0.29) is 24.3 Å². The molecule has 0 aliphatic carbocycles. The molecule has 0 aromatic heterocycles. The Hall–Kier alpha value is -1.38. The molecular weight excluding hydrogens is 338 g/mol. The number of carbonyl (C=O) groups is 2. The zero-order valence-corrected chi connectivity index (χ0v) is 15.5. The van der Waals surface area contributed by atoms with Crippen LogP contribution in [0.15, 0.2) is 0 Å². The van der Waals surface area contributed by atoms with Crippen molar-refractivity contribution in [3.63, 3.8) is 0 Å². The van der Waals surface area contributed by atoms with Crippen LogP contribution in [0.5, 0.6) is 0 Å². The van der Waals surface area contributed by atoms with Crippen molar-refractivity contribution < 1.29 is 24.2 Å². The molecule has 0 bridgehead atoms. The molecule has 8 nitrogen and oxygen atoms in total. The molecule has 0 aromatic carbocycles. The lowest BCUT2D eigenvalue weighted by Gasteiger charge is -2.41. The number of carbonyl (C=O) groups excluding carboxylic acids is 1. The maximum atomic E-state index is 12.8. The van der Waals surface area contributed by atoms with Gasteiger partial charge in [-0.3, -0.25) is 9.69 Å². The number of amides is 2. The number of hydrogen-bond acceptors (Lipinski definition) is 5. The molecule has 2 unspecified atom stereocenters. The summed E-state index contributed by atoms with van der Waals surface area (Å²) in [6.07, 6.45) is 1.91. The van der Waals surface area contributed by atoms with Crippen molar-refractivity contribution in [2.45, 2.75) is 19.3 Å². The predicted octanol–water partition coefficient (Wildman–Crippen LogP) is 0.574. The summed E-state index contributed by atoms with van der Waals surface area (Å²) in [5.41, 5.74) is 0. The minimum absolute atomic E-state index is 0.0819. The van der Waals surface area contributed by atoms with Crippen LogP contribution < -0.4 is 0 Å². The zero-order chi connectivity index (χ0) is 18.4. The Bertz CT molecular complexity index is 477. The van der Waals surface area contributed by atoms with Gasteiger partial charge in [-0.1, -0.05) is 0 Å². The van der Waals surface area contributed by atoms with Gasteiger partial charge in [0, 0.05) is 45.7 Å². The minimum atomic E-state index is -0.737. The second-order valence-corrected chi connectivity index (χ2v) is 7.48. The number of nitrogens with zero attached hydrogens (tertiary/aromatic N) is 3. The number of piperidine rings is 1. The second kappa shape index (κ2) is 9.53. The highest BCUT2D eigenvalue weighted by Crippen LogP contribution is 2.30. The highest BCUT2D eigenvalue weighted by molar-refractivity contribution is 5.74. The number of hydrogen-bond donors (Lipinski definition) is 1. The largest absolute Gasteiger partial charge is 0.481 e. The number of likely N-dealkylation sites (tertiary alicyclic amines) is 1. The number of carboxylic acid groups (broad SMARTS) is 1. The second-order valence-electron chi connectivity index (χ2n) is 7.48. The molecule has 3 rings (SSSR count). The van der Waals surface area contributed by atoms with Crippen LogP contribution >= 0.6 is 0 Å². The van der Waals surface area contributed by atoms with Crippen molar-refractivity contribution in [1.29, 1.82) is 0 Å². The van der Waals surface area contributed by atoms with Gasteiger partial charge in [0.1, 0.15) is 0 Å². The minimum Gasteiger partial charge on any atom is -0.481 e. The lowest BCUT2D eigenvalue weighted by atomic mass is 9.81. The van der Waals surface area contributed by atoms with Crippen molar-refractivity contribution in [3.8, 4) is 0 Å². The maximum absolute atomic E-state index is 12.8. The number of carboxylic acids is 1. The third kappa shape index (κ3) is 5.31. The van der Waals surface area contributed by atoms with Gasteiger partial charge in [0.05, 0.1) is 26.4 Å². The summed E-state index contributed by atoms with van der Waals surface area (Å²) in [4.78, 5) is 30.2. The van der Waals surface area contributed by atoms with Crippen molar-refractivity contribution in [1.82, 2.24) is 14.7 Å². The molecule has 2 amide bonds. The van der Waals surface area contributed by atoms with Gasteiger partial charge in [0.25, 0.3) is 0 Å². The van der Waals surface area contributed by atoms with Crippen molar-refractivity contribution in [3.05, 3.63) is 0 Å². The fourth-order valence-corrected chi connectivity index (χ4v) is 4.20. The highest BCUT2D eigenvalue weighted by Gasteiger charge is 2.34. The highest BCUT2D eigenvalue weighted by atomic mass is 16.5. The standard InChI is InChI=1S/C18H31N3O5/c22-17(23)13-15-2-4-21(18(24)20-7-11-26-12-8-20)14-16(15)1-3-19-5-9-25-10-6-19/h15-16H,1-14H2,(H,22,23). The average Bonchev–Trinajstić information content (AvgIpc) is 2.68. The van der Waals surface area contributed by atoms with Crippen LogP contribution in [-0.4, -0.2) is 104 Å². The molecule has 3 aliphatic heterocycles. The van der Waals surface area contributed by atoms with E-state index >= 15 is 0 Å². The Labute approximate surface area is 155 Å². The Kier molecular flexibility index (Phi) is 7.10. The third-order valence-corrected chi connectivity index (χ3v) is 5.80. The first kappa shape index (κ1) is 19.4. The van der Waals surface area contributed by atoms with Gasteiger partial charge in [0.15, 0.2) is 0 Å². The van der Waals surface area contributed by atoms with E-state index in [1.54, 1.807) is 0 Å². The molecule has 1 N–H and O–H groups in total. The summed E-state index contributed by atoms with van der Waals surface area (Å²) in [5, 5.41) is 9.25. The molecule has 0 spiro atoms. The summed E-state index contributed by atoms with van der Waals surface area (Å²) in [7, 11) is 0. The van der Waals surface area contributed by atoms with Gasteiger partial charge < -0.3 is 24.4 Å². The van der Waals surface area contributed by atoms with Gasteiger partial charge in [-0.25, -0.2) is 4.79 Å². The quantitative estimate of drug-likeness (QED) is 0.763. The summed E-state index contributed by atoms with van der Waals surface area (Å²) < 4.78 is 10.7. The topological polar surface area (TPSA) is 82.5 Å². The van der Waals surface area contributed by atoms with Crippen LogP contribution in [0.3, 0.4) is 0 Å². The number of morpholine rings is 2. The van der Waals surface area contributed by atoms with Gasteiger partial charge >= 0.3 is 12.0 Å². The summed E-state index contributed by atoms with van der Waals surface area (Å²) in [6.45, 7) is 8.17. The molecule has 26 heavy (non-hydrogen) atoms. The summed E-state index contributed by atoms with van der Waals surface area (Å²) >= 11 is 0. The summed E-state index contributed by atoms with van der Waals surface area (Å²) in [6, 6.07) is 0.0819. The fraction of sp³-hybridized carbons (Fsp3) is 0.889. The van der Waals surface area contributed by atoms with E-state index in [2.05, 4.69) is 4.90 Å². The van der Waals surface area contributed by atoms with Crippen LogP contribution in [0.25, 0.3) is 0 Å². The maximum Gasteiger partial charge on any atom is 0.320 e. The lowest BCUT2D eigenvalue weighted by Crippen LogP contribution is -2.53. The molecule has 0 aromatic rings. The molecule has 3 aliphatic rings. The van der Waals surface area contributed by atoms with E-state index in [1.165, 1.54) is 0 Å². The molecule has 3 fully saturated rings. The molecular formula is C18H31N3O5. The molecule has 3 saturated heterocycles. The van der Waals surface area contributed by atoms with Gasteiger partial charge in [0.2, 0.25) is 0 Å². The molecule has 8 heteroatoms. The molecule has 0 saturated carbocycles. The average molecular weight is 369 g/mol. The van der Waals surface area contributed by atoms with E-state index in [0.29, 0.717) is 39.4 Å². The van der Waals surface area contributed by atoms with Crippen molar-refractivity contribution >= 4 is 12.0 Å². The Morgan fingerprint density at radius 3 is 2.19 bits per heavy atom. The van der Waals surface area contributed by atoms with Gasteiger partial charge in [-0.05, 0) is 31.2 Å². The van der Waals surface area contributed by atoms with Gasteiger partial charge in [-0.2, -0.15) is 0 Å². The monoisotopic (exact) mass is 369 g/mol. The van der Waals surface area contributed by atoms with Crippen LogP contribution in [0.4, 0.5) is 4.79 Å². The van der Waals surface area contributed by atoms with E-state index in [1.807, 2.05) is 9.80 Å². The van der Waals surface area contributed by atoms with Crippen molar-refractivity contribution in [2.75, 3.05) is 72.2 Å². The Morgan fingerprint density at radius 2 is 1.54 bits per heavy atom. The predicted molar refractivity (Wildman–Crippen MR) is 95.1 cm³/mol. The molecule has 2 atom stereocenters. The van der Waals surface area contributed by atoms with Crippen LogP contribution in [-0.2, 0) is 14.3 Å². The Morgan fingerprint density at radius 1 is 0.885 bits per heavy atom. The Balaban J connectivity index is 1.56. The first-order valence-electron chi connectivity index (χ1n) is 9.77. The number of rotatable bonds is 5. The molecule has 3 heterocycles. The molecule has 148 valence electrons. The van der Waals surface area contributed by atoms with Crippen LogP contribution in [0.1, 0.15) is 19.3 Å². The van der Waals surface area contributed by atoms with E-state index < -0.39 is 5.97 Å². The number of ether oxygens (including phenoxy) is 2. The number of aliphatic carboxylic acids is 1. The molecule has 0 radical (unpaired) electrons. The summed E-state index contributed by atoms with van der Waals surface area (Å²) in [5.74, 6) is -0.339. The first-order chi connectivity index (χ1) is 12.6. The van der Waals surface area contributed by atoms with Crippen LogP contribution in [0, 0.1) is 11.8 Å². The lowest BCUT2D eigenvalue weighted by molar-refractivity contribution is -0.139. The fourth-order valence-electron chi connectivity index (χ4n) is 4.20.